The Kier molecular flexibility index (Phi) is 5.37. The largest absolute Gasteiger partial charge is 0.490 e. The Bertz CT molecular complexity index is 1530. The Morgan fingerprint density at radius 1 is 1.00 bits per heavy atom. The maximum atomic E-state index is 13.0. The van der Waals surface area contributed by atoms with Crippen LogP contribution in [-0.2, 0) is 6.61 Å². The monoisotopic (exact) mass is 442 g/mol. The van der Waals surface area contributed by atoms with Crippen LogP contribution in [0.3, 0.4) is 0 Å². The van der Waals surface area contributed by atoms with Gasteiger partial charge < -0.3 is 9.47 Å². The van der Waals surface area contributed by atoms with E-state index < -0.39 is 0 Å². The Labute approximate surface area is 189 Å². The number of fused-ring (bicyclic) bond motifs is 3. The van der Waals surface area contributed by atoms with Gasteiger partial charge in [0.15, 0.2) is 16.5 Å². The molecular weight excluding hydrogens is 420 g/mol. The smallest absolute Gasteiger partial charge is 0.274 e. The zero-order chi connectivity index (χ0) is 22.1. The molecule has 0 saturated carbocycles. The van der Waals surface area contributed by atoms with Crippen LogP contribution in [0.5, 0.6) is 11.5 Å². The maximum Gasteiger partial charge on any atom is 0.274 e. The minimum Gasteiger partial charge on any atom is -0.490 e. The third-order valence-corrected chi connectivity index (χ3v) is 6.16. The lowest BCUT2D eigenvalue weighted by Gasteiger charge is -2.13. The van der Waals surface area contributed by atoms with Crippen molar-refractivity contribution in [3.8, 4) is 11.5 Å². The van der Waals surface area contributed by atoms with E-state index in [0.29, 0.717) is 34.2 Å². The summed E-state index contributed by atoms with van der Waals surface area (Å²) in [5, 5.41) is 0. The van der Waals surface area contributed by atoms with Crippen LogP contribution in [0.15, 0.2) is 71.5 Å². The molecule has 0 aliphatic heterocycles. The summed E-state index contributed by atoms with van der Waals surface area (Å²) in [5.74, 6) is 1.34. The second-order valence-electron chi connectivity index (χ2n) is 7.55. The summed E-state index contributed by atoms with van der Waals surface area (Å²) in [7, 11) is 0. The molecule has 0 unspecified atom stereocenters. The number of ether oxygens (including phenoxy) is 2. The van der Waals surface area contributed by atoms with Gasteiger partial charge in [-0.3, -0.25) is 4.79 Å². The first-order chi connectivity index (χ1) is 15.6. The van der Waals surface area contributed by atoms with E-state index in [0.717, 1.165) is 22.2 Å². The zero-order valence-corrected chi connectivity index (χ0v) is 18.7. The highest BCUT2D eigenvalue weighted by Crippen LogP contribution is 2.29. The molecule has 0 atom stereocenters. The number of aromatic nitrogens is 2. The van der Waals surface area contributed by atoms with Gasteiger partial charge in [-0.15, -0.1) is 0 Å². The van der Waals surface area contributed by atoms with Gasteiger partial charge in [0.1, 0.15) is 6.61 Å². The van der Waals surface area contributed by atoms with Crippen LogP contribution in [0, 0.1) is 6.92 Å². The molecule has 0 N–H and O–H groups in total. The molecule has 32 heavy (non-hydrogen) atoms. The van der Waals surface area contributed by atoms with Crippen molar-refractivity contribution in [3.05, 3.63) is 98.3 Å². The quantitative estimate of drug-likeness (QED) is 0.381. The van der Waals surface area contributed by atoms with Crippen molar-refractivity contribution in [1.29, 1.82) is 0 Å². The first-order valence-electron chi connectivity index (χ1n) is 10.5. The van der Waals surface area contributed by atoms with Crippen LogP contribution in [0.25, 0.3) is 22.1 Å². The molecule has 0 spiro atoms. The molecular formula is C26H22N2O3S. The molecule has 0 aliphatic rings. The molecule has 2 aromatic heterocycles. The highest BCUT2D eigenvalue weighted by molar-refractivity contribution is 7.15. The van der Waals surface area contributed by atoms with Crippen molar-refractivity contribution in [2.24, 2.45) is 0 Å². The van der Waals surface area contributed by atoms with Crippen molar-refractivity contribution in [3.63, 3.8) is 0 Å². The normalized spacial score (nSPS) is 12.0. The van der Waals surface area contributed by atoms with Gasteiger partial charge in [-0.25, -0.2) is 9.38 Å². The minimum atomic E-state index is -0.0589. The number of hydrogen-bond donors (Lipinski definition) is 0. The predicted octanol–water partition coefficient (Wildman–Crippen LogP) is 4.74. The van der Waals surface area contributed by atoms with Gasteiger partial charge in [0, 0.05) is 0 Å². The van der Waals surface area contributed by atoms with Crippen molar-refractivity contribution < 1.29 is 9.47 Å². The second kappa shape index (κ2) is 8.48. The topological polar surface area (TPSA) is 52.8 Å². The van der Waals surface area contributed by atoms with Crippen molar-refractivity contribution in [1.82, 2.24) is 9.38 Å². The summed E-state index contributed by atoms with van der Waals surface area (Å²) < 4.78 is 14.2. The van der Waals surface area contributed by atoms with Crippen LogP contribution in [0.2, 0.25) is 0 Å². The Morgan fingerprint density at radius 3 is 2.72 bits per heavy atom. The highest BCUT2D eigenvalue weighted by Gasteiger charge is 2.11. The van der Waals surface area contributed by atoms with Crippen LogP contribution in [0.1, 0.15) is 23.6 Å². The fraction of sp³-hybridized carbons (Fsp3) is 0.154. The molecule has 2 heterocycles. The molecule has 0 saturated heterocycles. The summed E-state index contributed by atoms with van der Waals surface area (Å²) in [6.45, 7) is 4.99. The lowest BCUT2D eigenvalue weighted by Crippen LogP contribution is -2.22. The highest BCUT2D eigenvalue weighted by atomic mass is 32.1. The molecule has 160 valence electrons. The summed E-state index contributed by atoms with van der Waals surface area (Å²) in [6.07, 6.45) is 1.88. The standard InChI is InChI=1S/C26H22N2O3S/c1-3-30-23-14-18(11-12-22(23)31-16-19-8-6-7-17(2)13-19)15-24-25(29)28-21-10-5-4-9-20(21)27-26(28)32-24/h4-15H,3,16H2,1-2H3. The van der Waals surface area contributed by atoms with Gasteiger partial charge in [-0.2, -0.15) is 0 Å². The fourth-order valence-corrected chi connectivity index (χ4v) is 4.72. The lowest BCUT2D eigenvalue weighted by molar-refractivity contribution is 0.269. The Balaban J connectivity index is 1.48. The molecule has 0 fully saturated rings. The van der Waals surface area contributed by atoms with E-state index in [9.17, 15) is 4.79 Å². The van der Waals surface area contributed by atoms with E-state index in [2.05, 4.69) is 24.0 Å². The maximum absolute atomic E-state index is 13.0. The molecule has 0 amide bonds. The van der Waals surface area contributed by atoms with E-state index in [1.165, 1.54) is 16.9 Å². The molecule has 5 rings (SSSR count). The first-order valence-corrected chi connectivity index (χ1v) is 11.3. The Morgan fingerprint density at radius 2 is 1.88 bits per heavy atom. The van der Waals surface area contributed by atoms with Gasteiger partial charge in [0.05, 0.1) is 22.2 Å². The average Bonchev–Trinajstić information content (AvgIpc) is 3.29. The van der Waals surface area contributed by atoms with Crippen LogP contribution in [0.4, 0.5) is 0 Å². The lowest BCUT2D eigenvalue weighted by atomic mass is 10.1. The van der Waals surface area contributed by atoms with Gasteiger partial charge in [0.25, 0.3) is 5.56 Å². The summed E-state index contributed by atoms with van der Waals surface area (Å²) >= 11 is 1.39. The number of benzene rings is 3. The third-order valence-electron chi connectivity index (χ3n) is 5.19. The number of rotatable bonds is 6. The van der Waals surface area contributed by atoms with Crippen molar-refractivity contribution in [2.75, 3.05) is 6.61 Å². The number of aryl methyl sites for hydroxylation is 1. The van der Waals surface area contributed by atoms with E-state index in [4.69, 9.17) is 9.47 Å². The molecule has 5 nitrogen and oxygen atoms in total. The second-order valence-corrected chi connectivity index (χ2v) is 8.56. The number of thiazole rings is 1. The van der Waals surface area contributed by atoms with E-state index in [1.807, 2.05) is 67.6 Å². The predicted molar refractivity (Wildman–Crippen MR) is 129 cm³/mol. The average molecular weight is 443 g/mol. The van der Waals surface area contributed by atoms with E-state index in [1.54, 1.807) is 4.40 Å². The van der Waals surface area contributed by atoms with Gasteiger partial charge in [0.2, 0.25) is 0 Å². The minimum absolute atomic E-state index is 0.0589. The first kappa shape index (κ1) is 20.3. The number of hydrogen-bond acceptors (Lipinski definition) is 5. The van der Waals surface area contributed by atoms with E-state index in [-0.39, 0.29) is 5.56 Å². The van der Waals surface area contributed by atoms with Crippen LogP contribution >= 0.6 is 11.3 Å². The number of para-hydroxylation sites is 2. The van der Waals surface area contributed by atoms with Gasteiger partial charge >= 0.3 is 0 Å². The van der Waals surface area contributed by atoms with Gasteiger partial charge in [-0.05, 0) is 55.3 Å². The zero-order valence-electron chi connectivity index (χ0n) is 17.9. The number of nitrogens with zero attached hydrogens (tertiary/aromatic N) is 2. The SMILES string of the molecule is CCOc1cc(C=c2sc3nc4ccccc4n3c2=O)ccc1OCc1cccc(C)c1. The van der Waals surface area contributed by atoms with Crippen molar-refractivity contribution >= 4 is 33.4 Å². The fourth-order valence-electron chi connectivity index (χ4n) is 3.73. The molecule has 0 radical (unpaired) electrons. The Hall–Kier alpha value is -3.64. The molecule has 5 aromatic rings. The summed E-state index contributed by atoms with van der Waals surface area (Å²) in [6, 6.07) is 21.7. The van der Waals surface area contributed by atoms with Crippen LogP contribution in [-0.4, -0.2) is 16.0 Å². The number of imidazole rings is 1. The third kappa shape index (κ3) is 3.85. The van der Waals surface area contributed by atoms with Crippen molar-refractivity contribution in [2.45, 2.75) is 20.5 Å². The molecule has 0 aliphatic carbocycles. The van der Waals surface area contributed by atoms with E-state index >= 15 is 0 Å². The molecule has 6 heteroatoms. The summed E-state index contributed by atoms with van der Waals surface area (Å²) in [4.78, 5) is 18.3. The van der Waals surface area contributed by atoms with Crippen LogP contribution < -0.4 is 19.6 Å². The molecule has 3 aromatic carbocycles. The molecule has 0 bridgehead atoms. The summed E-state index contributed by atoms with van der Waals surface area (Å²) in [5.41, 5.74) is 4.78. The van der Waals surface area contributed by atoms with Gasteiger partial charge in [-0.1, -0.05) is 59.4 Å².